The molecule has 2 amide bonds. The van der Waals surface area contributed by atoms with E-state index < -0.39 is 0 Å². The average molecular weight is 386 g/mol. The number of ether oxygens (including phenoxy) is 1. The molecule has 0 spiro atoms. The Morgan fingerprint density at radius 3 is 2.50 bits per heavy atom. The second-order valence-electron chi connectivity index (χ2n) is 7.81. The Kier molecular flexibility index (Phi) is 6.39. The fourth-order valence-electron chi connectivity index (χ4n) is 3.93. The minimum Gasteiger partial charge on any atom is -0.491 e. The summed E-state index contributed by atoms with van der Waals surface area (Å²) in [5.41, 5.74) is 1.68. The number of amides is 2. The number of hydrogen-bond acceptors (Lipinski definition) is 5. The van der Waals surface area contributed by atoms with Crippen molar-refractivity contribution in [2.24, 2.45) is 5.92 Å². The topological polar surface area (TPSA) is 70.1 Å². The second-order valence-corrected chi connectivity index (χ2v) is 7.81. The second kappa shape index (κ2) is 8.78. The number of likely N-dealkylation sites (tertiary alicyclic amines) is 1. The summed E-state index contributed by atoms with van der Waals surface area (Å²) < 4.78 is 5.69. The number of benzene rings is 1. The molecule has 28 heavy (non-hydrogen) atoms. The lowest BCUT2D eigenvalue weighted by Gasteiger charge is -2.34. The Morgan fingerprint density at radius 2 is 1.89 bits per heavy atom. The van der Waals surface area contributed by atoms with Crippen molar-refractivity contribution in [3.05, 3.63) is 35.5 Å². The average Bonchev–Trinajstić information content (AvgIpc) is 2.93. The summed E-state index contributed by atoms with van der Waals surface area (Å²) in [5, 5.41) is 9.57. The highest BCUT2D eigenvalue weighted by atomic mass is 16.5. The van der Waals surface area contributed by atoms with Gasteiger partial charge >= 0.3 is 0 Å². The summed E-state index contributed by atoms with van der Waals surface area (Å²) in [6, 6.07) is 7.38. The van der Waals surface area contributed by atoms with E-state index in [-0.39, 0.29) is 30.4 Å². The molecule has 0 aromatic heterocycles. The maximum Gasteiger partial charge on any atom is 0.277 e. The highest BCUT2D eigenvalue weighted by Gasteiger charge is 2.42. The van der Waals surface area contributed by atoms with Gasteiger partial charge in [0, 0.05) is 26.2 Å². The van der Waals surface area contributed by atoms with Gasteiger partial charge < -0.3 is 14.7 Å². The Labute approximate surface area is 166 Å². The van der Waals surface area contributed by atoms with Gasteiger partial charge in [-0.05, 0) is 56.7 Å². The number of carbonyl (C=O) groups is 2. The van der Waals surface area contributed by atoms with Crippen LogP contribution < -0.4 is 4.74 Å². The van der Waals surface area contributed by atoms with E-state index in [9.17, 15) is 14.7 Å². The summed E-state index contributed by atoms with van der Waals surface area (Å²) >= 11 is 0. The van der Waals surface area contributed by atoms with Gasteiger partial charge in [0.25, 0.3) is 11.8 Å². The van der Waals surface area contributed by atoms with E-state index in [0.29, 0.717) is 24.4 Å². The van der Waals surface area contributed by atoms with E-state index in [2.05, 4.69) is 0 Å². The number of imide groups is 1. The molecule has 0 bridgehead atoms. The van der Waals surface area contributed by atoms with Gasteiger partial charge in [-0.3, -0.25) is 14.5 Å². The van der Waals surface area contributed by atoms with Gasteiger partial charge in [-0.2, -0.15) is 0 Å². The van der Waals surface area contributed by atoms with Crippen LogP contribution in [0.3, 0.4) is 0 Å². The molecule has 2 aliphatic rings. The van der Waals surface area contributed by atoms with Crippen molar-refractivity contribution in [2.45, 2.75) is 46.1 Å². The van der Waals surface area contributed by atoms with E-state index in [4.69, 9.17) is 4.74 Å². The molecule has 0 radical (unpaired) electrons. The minimum atomic E-state index is -0.231. The quantitative estimate of drug-likeness (QED) is 0.730. The molecule has 152 valence electrons. The summed E-state index contributed by atoms with van der Waals surface area (Å²) in [6.07, 6.45) is 2.63. The van der Waals surface area contributed by atoms with Gasteiger partial charge in [0.1, 0.15) is 11.4 Å². The third kappa shape index (κ3) is 4.07. The number of aliphatic hydroxyl groups is 1. The van der Waals surface area contributed by atoms with Crippen LogP contribution in [0.5, 0.6) is 5.75 Å². The van der Waals surface area contributed by atoms with Crippen LogP contribution >= 0.6 is 0 Å². The molecular formula is C22H30N2O4. The van der Waals surface area contributed by atoms with E-state index in [1.807, 2.05) is 49.9 Å². The van der Waals surface area contributed by atoms with Crippen molar-refractivity contribution in [1.29, 1.82) is 0 Å². The first-order valence-electron chi connectivity index (χ1n) is 10.2. The fourth-order valence-corrected chi connectivity index (χ4v) is 3.93. The molecule has 1 aromatic rings. The Bertz CT molecular complexity index is 754. The van der Waals surface area contributed by atoms with Crippen LogP contribution in [0.15, 0.2) is 30.0 Å². The number of rotatable bonds is 7. The van der Waals surface area contributed by atoms with Crippen LogP contribution in [0.1, 0.15) is 45.6 Å². The number of aliphatic hydroxyl groups excluding tert-OH is 1. The molecule has 1 fully saturated rings. The van der Waals surface area contributed by atoms with Gasteiger partial charge in [-0.25, -0.2) is 0 Å². The zero-order valence-electron chi connectivity index (χ0n) is 17.0. The molecule has 1 atom stereocenters. The van der Waals surface area contributed by atoms with Crippen molar-refractivity contribution >= 4 is 17.4 Å². The van der Waals surface area contributed by atoms with E-state index >= 15 is 0 Å². The summed E-state index contributed by atoms with van der Waals surface area (Å²) in [7, 11) is 0. The zero-order valence-corrected chi connectivity index (χ0v) is 17.0. The number of piperidine rings is 1. The molecule has 0 saturated carbocycles. The van der Waals surface area contributed by atoms with Crippen molar-refractivity contribution in [2.75, 3.05) is 26.2 Å². The van der Waals surface area contributed by atoms with Crippen LogP contribution in [0.25, 0.3) is 5.57 Å². The molecule has 1 saturated heterocycles. The lowest BCUT2D eigenvalue weighted by molar-refractivity contribution is -0.137. The highest BCUT2D eigenvalue weighted by Crippen LogP contribution is 2.34. The molecule has 0 aliphatic carbocycles. The summed E-state index contributed by atoms with van der Waals surface area (Å²) in [4.78, 5) is 29.6. The fraction of sp³-hybridized carbons (Fsp3) is 0.545. The zero-order chi connectivity index (χ0) is 20.3. The van der Waals surface area contributed by atoms with Crippen LogP contribution in [0.4, 0.5) is 0 Å². The molecule has 6 nitrogen and oxygen atoms in total. The lowest BCUT2D eigenvalue weighted by Crippen LogP contribution is -2.40. The molecule has 1 aromatic carbocycles. The van der Waals surface area contributed by atoms with E-state index in [1.54, 1.807) is 0 Å². The first-order chi connectivity index (χ1) is 13.5. The van der Waals surface area contributed by atoms with Gasteiger partial charge in [-0.15, -0.1) is 0 Å². The maximum atomic E-state index is 13.1. The number of nitrogens with zero attached hydrogens (tertiary/aromatic N) is 2. The molecule has 1 N–H and O–H groups in total. The normalized spacial score (nSPS) is 20.5. The largest absolute Gasteiger partial charge is 0.491 e. The molecule has 6 heteroatoms. The predicted octanol–water partition coefficient (Wildman–Crippen LogP) is 2.67. The summed E-state index contributed by atoms with van der Waals surface area (Å²) in [6.45, 7) is 7.72. The van der Waals surface area contributed by atoms with Crippen LogP contribution in [0.2, 0.25) is 0 Å². The summed E-state index contributed by atoms with van der Waals surface area (Å²) in [5.74, 6) is 0.419. The van der Waals surface area contributed by atoms with Crippen molar-refractivity contribution < 1.29 is 19.4 Å². The van der Waals surface area contributed by atoms with E-state index in [1.165, 1.54) is 4.90 Å². The predicted molar refractivity (Wildman–Crippen MR) is 108 cm³/mol. The molecule has 1 unspecified atom stereocenters. The van der Waals surface area contributed by atoms with Gasteiger partial charge in [0.15, 0.2) is 0 Å². The van der Waals surface area contributed by atoms with Gasteiger partial charge in [0.05, 0.1) is 11.7 Å². The SMILES string of the molecule is CCCN1C(=O)C(c2ccc(OC(C)C)cc2)=C(N2CCCC(CO)C2)C1=O. The van der Waals surface area contributed by atoms with E-state index in [0.717, 1.165) is 37.1 Å². The first kappa shape index (κ1) is 20.4. The smallest absolute Gasteiger partial charge is 0.277 e. The molecule has 3 rings (SSSR count). The van der Waals surface area contributed by atoms with Crippen molar-refractivity contribution in [1.82, 2.24) is 9.80 Å². The van der Waals surface area contributed by atoms with Crippen LogP contribution in [-0.4, -0.2) is 59.1 Å². The standard InChI is InChI=1S/C22H30N2O4/c1-4-11-24-21(26)19(17-7-9-18(10-8-17)28-15(2)3)20(22(24)27)23-12-5-6-16(13-23)14-25/h7-10,15-16,25H,4-6,11-14H2,1-3H3. The maximum absolute atomic E-state index is 13.1. The van der Waals surface area contributed by atoms with Crippen LogP contribution in [0, 0.1) is 5.92 Å². The Hall–Kier alpha value is -2.34. The third-order valence-corrected chi connectivity index (χ3v) is 5.20. The monoisotopic (exact) mass is 386 g/mol. The molecule has 2 aliphatic heterocycles. The van der Waals surface area contributed by atoms with Crippen LogP contribution in [-0.2, 0) is 9.59 Å². The minimum absolute atomic E-state index is 0.0686. The van der Waals surface area contributed by atoms with Crippen molar-refractivity contribution in [3.63, 3.8) is 0 Å². The number of carbonyl (C=O) groups excluding carboxylic acids is 2. The first-order valence-corrected chi connectivity index (χ1v) is 10.2. The number of hydrogen-bond donors (Lipinski definition) is 1. The van der Waals surface area contributed by atoms with Gasteiger partial charge in [-0.1, -0.05) is 19.1 Å². The Morgan fingerprint density at radius 1 is 1.18 bits per heavy atom. The lowest BCUT2D eigenvalue weighted by atomic mass is 9.97. The van der Waals surface area contributed by atoms with Gasteiger partial charge in [0.2, 0.25) is 0 Å². The Balaban J connectivity index is 1.99. The third-order valence-electron chi connectivity index (χ3n) is 5.20. The highest BCUT2D eigenvalue weighted by molar-refractivity contribution is 6.35. The van der Waals surface area contributed by atoms with Crippen molar-refractivity contribution in [3.8, 4) is 5.75 Å². The molecule has 2 heterocycles. The molecular weight excluding hydrogens is 356 g/mol.